The molecule has 0 aliphatic carbocycles. The third-order valence-corrected chi connectivity index (χ3v) is 3.85. The van der Waals surface area contributed by atoms with E-state index in [0.717, 1.165) is 17.0 Å². The second kappa shape index (κ2) is 5.21. The first-order valence-corrected chi connectivity index (χ1v) is 7.32. The van der Waals surface area contributed by atoms with E-state index in [4.69, 9.17) is 0 Å². The van der Waals surface area contributed by atoms with Gasteiger partial charge in [0, 0.05) is 11.8 Å². The number of H-pyrrole nitrogens is 1. The van der Waals surface area contributed by atoms with Gasteiger partial charge in [-0.1, -0.05) is 36.4 Å². The molecule has 3 aromatic heterocycles. The van der Waals surface area contributed by atoms with E-state index < -0.39 is 0 Å². The van der Waals surface area contributed by atoms with Gasteiger partial charge in [0.25, 0.3) is 5.56 Å². The summed E-state index contributed by atoms with van der Waals surface area (Å²) in [5, 5.41) is 0. The minimum atomic E-state index is -0.166. The molecule has 1 aromatic carbocycles. The fourth-order valence-corrected chi connectivity index (χ4v) is 2.81. The van der Waals surface area contributed by atoms with Crippen LogP contribution >= 0.6 is 0 Å². The highest BCUT2D eigenvalue weighted by atomic mass is 16.1. The van der Waals surface area contributed by atoms with Gasteiger partial charge in [-0.25, -0.2) is 4.98 Å². The SMILES string of the molecule is Cc1ncn2c(-c3ccccc3)c(-c3ccccn3)[nH]c(=O)c12. The Labute approximate surface area is 132 Å². The Morgan fingerprint density at radius 3 is 2.52 bits per heavy atom. The highest BCUT2D eigenvalue weighted by molar-refractivity contribution is 5.79. The molecule has 5 nitrogen and oxygen atoms in total. The monoisotopic (exact) mass is 302 g/mol. The van der Waals surface area contributed by atoms with Gasteiger partial charge >= 0.3 is 0 Å². The van der Waals surface area contributed by atoms with Crippen LogP contribution in [0.5, 0.6) is 0 Å². The number of hydrogen-bond acceptors (Lipinski definition) is 3. The summed E-state index contributed by atoms with van der Waals surface area (Å²) in [6.07, 6.45) is 3.40. The van der Waals surface area contributed by atoms with Crippen molar-refractivity contribution in [1.29, 1.82) is 0 Å². The molecule has 5 heteroatoms. The lowest BCUT2D eigenvalue weighted by molar-refractivity contribution is 1.09. The molecule has 0 spiro atoms. The first-order valence-electron chi connectivity index (χ1n) is 7.32. The number of rotatable bonds is 2. The Bertz CT molecular complexity index is 1030. The molecule has 0 aliphatic heterocycles. The lowest BCUT2D eigenvalue weighted by Gasteiger charge is -2.12. The van der Waals surface area contributed by atoms with Crippen LogP contribution in [0, 0.1) is 6.92 Å². The van der Waals surface area contributed by atoms with E-state index >= 15 is 0 Å². The Balaban J connectivity index is 2.16. The smallest absolute Gasteiger partial charge is 0.274 e. The third-order valence-electron chi connectivity index (χ3n) is 3.85. The van der Waals surface area contributed by atoms with Crippen LogP contribution in [0.2, 0.25) is 0 Å². The summed E-state index contributed by atoms with van der Waals surface area (Å²) in [6.45, 7) is 1.83. The van der Waals surface area contributed by atoms with Crippen molar-refractivity contribution in [2.24, 2.45) is 0 Å². The van der Waals surface area contributed by atoms with Crippen LogP contribution in [-0.4, -0.2) is 19.4 Å². The number of pyridine rings is 1. The summed E-state index contributed by atoms with van der Waals surface area (Å²) in [4.78, 5) is 24.2. The minimum absolute atomic E-state index is 0.166. The van der Waals surface area contributed by atoms with E-state index in [2.05, 4.69) is 15.0 Å². The maximum Gasteiger partial charge on any atom is 0.274 e. The molecule has 0 fully saturated rings. The van der Waals surface area contributed by atoms with Crippen molar-refractivity contribution in [3.63, 3.8) is 0 Å². The number of benzene rings is 1. The molecule has 0 amide bonds. The largest absolute Gasteiger partial charge is 0.317 e. The van der Waals surface area contributed by atoms with Crippen LogP contribution in [0.1, 0.15) is 5.69 Å². The van der Waals surface area contributed by atoms with Crippen molar-refractivity contribution >= 4 is 5.52 Å². The Hall–Kier alpha value is -3.21. The second-order valence-corrected chi connectivity index (χ2v) is 5.31. The van der Waals surface area contributed by atoms with Gasteiger partial charge in [0.2, 0.25) is 0 Å². The zero-order valence-electron chi connectivity index (χ0n) is 12.5. The van der Waals surface area contributed by atoms with Crippen molar-refractivity contribution in [3.8, 4) is 22.6 Å². The van der Waals surface area contributed by atoms with Gasteiger partial charge in [0.05, 0.1) is 22.8 Å². The summed E-state index contributed by atoms with van der Waals surface area (Å²) in [5.74, 6) is 0. The van der Waals surface area contributed by atoms with Gasteiger partial charge in [-0.2, -0.15) is 0 Å². The summed E-state index contributed by atoms with van der Waals surface area (Å²) >= 11 is 0. The normalized spacial score (nSPS) is 11.0. The molecule has 0 unspecified atom stereocenters. The molecule has 4 rings (SSSR count). The first-order chi connectivity index (χ1) is 11.3. The maximum atomic E-state index is 12.5. The van der Waals surface area contributed by atoms with E-state index in [1.165, 1.54) is 0 Å². The Morgan fingerprint density at radius 1 is 1.00 bits per heavy atom. The maximum absolute atomic E-state index is 12.5. The van der Waals surface area contributed by atoms with Crippen LogP contribution in [0.4, 0.5) is 0 Å². The number of aromatic amines is 1. The van der Waals surface area contributed by atoms with Crippen molar-refractivity contribution in [2.75, 3.05) is 0 Å². The van der Waals surface area contributed by atoms with Crippen molar-refractivity contribution in [3.05, 3.63) is 77.1 Å². The Morgan fingerprint density at radius 2 is 1.78 bits per heavy atom. The van der Waals surface area contributed by atoms with Gasteiger partial charge in [-0.3, -0.25) is 14.2 Å². The lowest BCUT2D eigenvalue weighted by atomic mass is 10.1. The predicted molar refractivity (Wildman–Crippen MR) is 89.2 cm³/mol. The molecule has 3 heterocycles. The Kier molecular flexibility index (Phi) is 3.05. The zero-order valence-corrected chi connectivity index (χ0v) is 12.5. The van der Waals surface area contributed by atoms with Crippen molar-refractivity contribution < 1.29 is 0 Å². The average Bonchev–Trinajstić information content (AvgIpc) is 2.99. The average molecular weight is 302 g/mol. The third kappa shape index (κ3) is 2.14. The number of aryl methyl sites for hydroxylation is 1. The van der Waals surface area contributed by atoms with Crippen LogP contribution in [-0.2, 0) is 0 Å². The van der Waals surface area contributed by atoms with Crippen molar-refractivity contribution in [1.82, 2.24) is 19.4 Å². The van der Waals surface area contributed by atoms with E-state index in [0.29, 0.717) is 16.9 Å². The topological polar surface area (TPSA) is 63.1 Å². The highest BCUT2D eigenvalue weighted by Gasteiger charge is 2.17. The van der Waals surface area contributed by atoms with Gasteiger partial charge in [0.15, 0.2) is 0 Å². The number of aromatic nitrogens is 4. The molecular formula is C18H14N4O. The van der Waals surface area contributed by atoms with Crippen molar-refractivity contribution in [2.45, 2.75) is 6.92 Å². The van der Waals surface area contributed by atoms with E-state index in [-0.39, 0.29) is 5.56 Å². The molecule has 0 saturated heterocycles. The quantitative estimate of drug-likeness (QED) is 0.619. The van der Waals surface area contributed by atoms with Gasteiger partial charge < -0.3 is 4.98 Å². The second-order valence-electron chi connectivity index (χ2n) is 5.31. The van der Waals surface area contributed by atoms with Gasteiger partial charge in [-0.15, -0.1) is 0 Å². The fraction of sp³-hybridized carbons (Fsp3) is 0.0556. The van der Waals surface area contributed by atoms with Crippen LogP contribution in [0.25, 0.3) is 28.2 Å². The van der Waals surface area contributed by atoms with Crippen LogP contribution < -0.4 is 5.56 Å². The number of imidazole rings is 1. The molecule has 0 saturated carbocycles. The minimum Gasteiger partial charge on any atom is -0.317 e. The first kappa shape index (κ1) is 13.5. The molecule has 0 aliphatic rings. The molecule has 112 valence electrons. The standard InChI is InChI=1S/C18H14N4O/c1-12-16-18(23)21-15(14-9-5-6-10-19-14)17(22(16)11-20-12)13-7-3-2-4-8-13/h2-11H,1H3,(H,21,23). The number of hydrogen-bond donors (Lipinski definition) is 1. The van der Waals surface area contributed by atoms with Crippen LogP contribution in [0.3, 0.4) is 0 Å². The summed E-state index contributed by atoms with van der Waals surface area (Å²) < 4.78 is 1.84. The number of nitrogens with zero attached hydrogens (tertiary/aromatic N) is 3. The molecule has 1 N–H and O–H groups in total. The zero-order chi connectivity index (χ0) is 15.8. The van der Waals surface area contributed by atoms with E-state index in [9.17, 15) is 4.79 Å². The predicted octanol–water partition coefficient (Wildman–Crippen LogP) is 3.06. The van der Waals surface area contributed by atoms with Crippen LogP contribution in [0.15, 0.2) is 65.8 Å². The summed E-state index contributed by atoms with van der Waals surface area (Å²) in [6, 6.07) is 15.6. The molecule has 4 aromatic rings. The molecular weight excluding hydrogens is 288 g/mol. The summed E-state index contributed by atoms with van der Waals surface area (Å²) in [5.41, 5.74) is 4.37. The van der Waals surface area contributed by atoms with E-state index in [1.54, 1.807) is 12.5 Å². The van der Waals surface area contributed by atoms with Gasteiger partial charge in [-0.05, 0) is 19.1 Å². The lowest BCUT2D eigenvalue weighted by Crippen LogP contribution is -2.14. The highest BCUT2D eigenvalue weighted by Crippen LogP contribution is 2.29. The summed E-state index contributed by atoms with van der Waals surface area (Å²) in [7, 11) is 0. The van der Waals surface area contributed by atoms with Gasteiger partial charge in [0.1, 0.15) is 11.8 Å². The molecule has 0 atom stereocenters. The molecule has 0 bridgehead atoms. The number of fused-ring (bicyclic) bond motifs is 1. The number of nitrogens with one attached hydrogen (secondary N) is 1. The molecule has 0 radical (unpaired) electrons. The van der Waals surface area contributed by atoms with E-state index in [1.807, 2.05) is 59.9 Å². The fourth-order valence-electron chi connectivity index (χ4n) is 2.81. The molecule has 23 heavy (non-hydrogen) atoms.